The molecule has 2 amide bonds. The second-order valence-electron chi connectivity index (χ2n) is 7.30. The first-order chi connectivity index (χ1) is 12.2. The zero-order chi connectivity index (χ0) is 17.5. The Hall–Kier alpha value is -1.75. The Labute approximate surface area is 151 Å². The maximum atomic E-state index is 12.5. The third kappa shape index (κ3) is 5.36. The summed E-state index contributed by atoms with van der Waals surface area (Å²) in [7, 11) is 1.66. The van der Waals surface area contributed by atoms with Gasteiger partial charge in [0.25, 0.3) is 0 Å². The molecule has 1 unspecified atom stereocenters. The van der Waals surface area contributed by atoms with Gasteiger partial charge < -0.3 is 19.9 Å². The summed E-state index contributed by atoms with van der Waals surface area (Å²) in [5.41, 5.74) is 1.09. The Balaban J connectivity index is 1.42. The molecule has 0 aliphatic carbocycles. The first kappa shape index (κ1) is 18.1. The average Bonchev–Trinajstić information content (AvgIpc) is 3.04. The van der Waals surface area contributed by atoms with Crippen molar-refractivity contribution in [3.8, 4) is 5.75 Å². The van der Waals surface area contributed by atoms with E-state index in [0.717, 1.165) is 43.2 Å². The minimum Gasteiger partial charge on any atom is -0.497 e. The molecule has 2 fully saturated rings. The topological polar surface area (TPSA) is 44.8 Å². The third-order valence-corrected chi connectivity index (χ3v) is 5.45. The molecular weight excluding hydrogens is 314 g/mol. The number of ether oxygens (including phenoxy) is 1. The molecule has 0 bridgehead atoms. The Morgan fingerprint density at radius 1 is 1.08 bits per heavy atom. The quantitative estimate of drug-likeness (QED) is 0.892. The lowest BCUT2D eigenvalue weighted by molar-refractivity contribution is 0.197. The summed E-state index contributed by atoms with van der Waals surface area (Å²) < 4.78 is 5.16. The van der Waals surface area contributed by atoms with Crippen LogP contribution in [0.15, 0.2) is 24.3 Å². The molecule has 2 aliphatic heterocycles. The number of likely N-dealkylation sites (tertiary alicyclic amines) is 2. The molecule has 25 heavy (non-hydrogen) atoms. The zero-order valence-corrected chi connectivity index (χ0v) is 15.4. The van der Waals surface area contributed by atoms with Crippen molar-refractivity contribution < 1.29 is 9.53 Å². The summed E-state index contributed by atoms with van der Waals surface area (Å²) in [6, 6.07) is 7.91. The van der Waals surface area contributed by atoms with Crippen LogP contribution in [0.2, 0.25) is 0 Å². The second-order valence-corrected chi connectivity index (χ2v) is 7.30. The van der Waals surface area contributed by atoms with Crippen LogP contribution in [0.5, 0.6) is 5.75 Å². The number of urea groups is 1. The minimum absolute atomic E-state index is 0.0673. The van der Waals surface area contributed by atoms with E-state index in [4.69, 9.17) is 4.74 Å². The maximum Gasteiger partial charge on any atom is 0.317 e. The van der Waals surface area contributed by atoms with Crippen LogP contribution in [-0.4, -0.2) is 55.7 Å². The van der Waals surface area contributed by atoms with Crippen molar-refractivity contribution in [1.82, 2.24) is 15.1 Å². The molecule has 2 aliphatic rings. The van der Waals surface area contributed by atoms with Crippen molar-refractivity contribution in [3.05, 3.63) is 29.8 Å². The maximum absolute atomic E-state index is 12.5. The van der Waals surface area contributed by atoms with Gasteiger partial charge in [0, 0.05) is 26.2 Å². The monoisotopic (exact) mass is 345 g/mol. The molecule has 138 valence electrons. The van der Waals surface area contributed by atoms with Crippen molar-refractivity contribution in [2.24, 2.45) is 5.92 Å². The lowest BCUT2D eigenvalue weighted by Gasteiger charge is -2.23. The predicted molar refractivity (Wildman–Crippen MR) is 99.8 cm³/mol. The van der Waals surface area contributed by atoms with E-state index in [0.29, 0.717) is 6.54 Å². The molecule has 1 atom stereocenters. The van der Waals surface area contributed by atoms with Gasteiger partial charge in [-0.25, -0.2) is 4.79 Å². The molecule has 2 heterocycles. The third-order valence-electron chi connectivity index (χ3n) is 5.45. The van der Waals surface area contributed by atoms with Gasteiger partial charge in [-0.15, -0.1) is 0 Å². The molecule has 5 heteroatoms. The smallest absolute Gasteiger partial charge is 0.317 e. The van der Waals surface area contributed by atoms with Gasteiger partial charge in [0.15, 0.2) is 0 Å². The van der Waals surface area contributed by atoms with Crippen LogP contribution in [-0.2, 0) is 6.54 Å². The average molecular weight is 345 g/mol. The number of hydrogen-bond donors (Lipinski definition) is 1. The number of hydrogen-bond acceptors (Lipinski definition) is 3. The van der Waals surface area contributed by atoms with Gasteiger partial charge in [0.2, 0.25) is 0 Å². The van der Waals surface area contributed by atoms with Gasteiger partial charge in [-0.3, -0.25) is 0 Å². The molecule has 1 aromatic rings. The minimum atomic E-state index is 0.0673. The SMILES string of the molecule is COc1ccc(CNC(=O)N2CCCC(CN3CCCC3)CC2)cc1. The molecule has 0 aromatic heterocycles. The summed E-state index contributed by atoms with van der Waals surface area (Å²) in [5, 5.41) is 3.06. The first-order valence-electron chi connectivity index (χ1n) is 9.62. The Morgan fingerprint density at radius 2 is 1.84 bits per heavy atom. The molecular formula is C20H31N3O2. The van der Waals surface area contributed by atoms with Crippen molar-refractivity contribution in [1.29, 1.82) is 0 Å². The normalized spacial score (nSPS) is 21.8. The van der Waals surface area contributed by atoms with E-state index in [1.165, 1.54) is 38.9 Å². The van der Waals surface area contributed by atoms with Crippen LogP contribution in [0.3, 0.4) is 0 Å². The van der Waals surface area contributed by atoms with E-state index in [9.17, 15) is 4.79 Å². The fourth-order valence-electron chi connectivity index (χ4n) is 3.91. The lowest BCUT2D eigenvalue weighted by atomic mass is 10.0. The van der Waals surface area contributed by atoms with Crippen LogP contribution in [0.1, 0.15) is 37.7 Å². The largest absolute Gasteiger partial charge is 0.497 e. The van der Waals surface area contributed by atoms with E-state index < -0.39 is 0 Å². The van der Waals surface area contributed by atoms with Crippen molar-refractivity contribution in [2.45, 2.75) is 38.6 Å². The molecule has 1 N–H and O–H groups in total. The van der Waals surface area contributed by atoms with Crippen LogP contribution >= 0.6 is 0 Å². The Bertz CT molecular complexity index is 540. The first-order valence-corrected chi connectivity index (χ1v) is 9.62. The van der Waals surface area contributed by atoms with Crippen LogP contribution < -0.4 is 10.1 Å². The summed E-state index contributed by atoms with van der Waals surface area (Å²) in [5.74, 6) is 1.59. The highest BCUT2D eigenvalue weighted by Crippen LogP contribution is 2.21. The van der Waals surface area contributed by atoms with E-state index in [1.54, 1.807) is 7.11 Å². The highest BCUT2D eigenvalue weighted by molar-refractivity contribution is 5.74. The van der Waals surface area contributed by atoms with Gasteiger partial charge >= 0.3 is 6.03 Å². The fourth-order valence-corrected chi connectivity index (χ4v) is 3.91. The second kappa shape index (κ2) is 9.09. The number of carbonyl (C=O) groups excluding carboxylic acids is 1. The number of rotatable bonds is 5. The Kier molecular flexibility index (Phi) is 6.56. The van der Waals surface area contributed by atoms with Gasteiger partial charge in [0.1, 0.15) is 5.75 Å². The predicted octanol–water partition coefficient (Wildman–Crippen LogP) is 3.10. The van der Waals surface area contributed by atoms with E-state index in [-0.39, 0.29) is 6.03 Å². The molecule has 3 rings (SSSR count). The fraction of sp³-hybridized carbons (Fsp3) is 0.650. The molecule has 0 radical (unpaired) electrons. The number of nitrogens with one attached hydrogen (secondary N) is 1. The van der Waals surface area contributed by atoms with Gasteiger partial charge in [-0.05, 0) is 68.8 Å². The Morgan fingerprint density at radius 3 is 2.56 bits per heavy atom. The summed E-state index contributed by atoms with van der Waals surface area (Å²) in [6.45, 7) is 6.08. The number of methoxy groups -OCH3 is 1. The molecule has 0 saturated carbocycles. The number of carbonyl (C=O) groups is 1. The van der Waals surface area contributed by atoms with Crippen molar-refractivity contribution in [2.75, 3.05) is 39.8 Å². The number of benzene rings is 1. The van der Waals surface area contributed by atoms with Crippen LogP contribution in [0.4, 0.5) is 4.79 Å². The van der Waals surface area contributed by atoms with E-state index in [2.05, 4.69) is 10.2 Å². The highest BCUT2D eigenvalue weighted by atomic mass is 16.5. The van der Waals surface area contributed by atoms with Crippen LogP contribution in [0.25, 0.3) is 0 Å². The molecule has 5 nitrogen and oxygen atoms in total. The number of nitrogens with zero attached hydrogens (tertiary/aromatic N) is 2. The molecule has 1 aromatic carbocycles. The number of amides is 2. The van der Waals surface area contributed by atoms with Crippen LogP contribution in [0, 0.1) is 5.92 Å². The van der Waals surface area contributed by atoms with Crippen molar-refractivity contribution >= 4 is 6.03 Å². The highest BCUT2D eigenvalue weighted by Gasteiger charge is 2.23. The van der Waals surface area contributed by atoms with Gasteiger partial charge in [-0.2, -0.15) is 0 Å². The molecule has 0 spiro atoms. The summed E-state index contributed by atoms with van der Waals surface area (Å²) in [6.07, 6.45) is 6.21. The lowest BCUT2D eigenvalue weighted by Crippen LogP contribution is -2.40. The van der Waals surface area contributed by atoms with E-state index in [1.807, 2.05) is 29.2 Å². The van der Waals surface area contributed by atoms with Crippen molar-refractivity contribution in [3.63, 3.8) is 0 Å². The van der Waals surface area contributed by atoms with E-state index >= 15 is 0 Å². The van der Waals surface area contributed by atoms with Gasteiger partial charge in [-0.1, -0.05) is 12.1 Å². The van der Waals surface area contributed by atoms with Gasteiger partial charge in [0.05, 0.1) is 7.11 Å². The summed E-state index contributed by atoms with van der Waals surface area (Å²) in [4.78, 5) is 17.1. The molecule has 2 saturated heterocycles. The standard InChI is InChI=1S/C20H31N3O2/c1-25-19-8-6-17(7-9-19)15-21-20(24)23-13-4-5-18(10-14-23)16-22-11-2-3-12-22/h6-9,18H,2-5,10-16H2,1H3,(H,21,24). The zero-order valence-electron chi connectivity index (χ0n) is 15.4. The summed E-state index contributed by atoms with van der Waals surface area (Å²) >= 11 is 0.